The molecule has 2 aromatic carbocycles. The van der Waals surface area contributed by atoms with Gasteiger partial charge in [-0.2, -0.15) is 20.1 Å². The largest absolute Gasteiger partial charge is 0.506 e. The maximum atomic E-state index is 10.3. The van der Waals surface area contributed by atoms with Gasteiger partial charge >= 0.3 is 0 Å². The monoisotopic (exact) mass is 306 g/mol. The Morgan fingerprint density at radius 1 is 1.00 bits per heavy atom. The summed E-state index contributed by atoms with van der Waals surface area (Å²) in [4.78, 5) is 12.3. The highest BCUT2D eigenvalue weighted by molar-refractivity contribution is 5.86. The van der Waals surface area contributed by atoms with Crippen molar-refractivity contribution in [3.63, 3.8) is 0 Å². The quantitative estimate of drug-likeness (QED) is 0.753. The van der Waals surface area contributed by atoms with Gasteiger partial charge in [-0.3, -0.25) is 5.43 Å². The van der Waals surface area contributed by atoms with Crippen LogP contribution in [0.4, 0.5) is 23.0 Å². The predicted octanol–water partition coefficient (Wildman–Crippen LogP) is 2.79. The van der Waals surface area contributed by atoms with Gasteiger partial charge in [0.05, 0.1) is 11.4 Å². The molecule has 3 aromatic rings. The zero-order valence-corrected chi connectivity index (χ0v) is 12.4. The summed E-state index contributed by atoms with van der Waals surface area (Å²) in [5.74, 6) is 0.619. The van der Waals surface area contributed by atoms with E-state index in [4.69, 9.17) is 0 Å². The smallest absolute Gasteiger partial charge is 0.254 e. The van der Waals surface area contributed by atoms with Crippen LogP contribution >= 0.6 is 0 Å². The van der Waals surface area contributed by atoms with Crippen LogP contribution in [-0.4, -0.2) is 20.1 Å². The first kappa shape index (κ1) is 13.3. The Kier molecular flexibility index (Phi) is 2.97. The molecular formula is C16H14N6O. The summed E-state index contributed by atoms with van der Waals surface area (Å²) in [7, 11) is 0. The van der Waals surface area contributed by atoms with Gasteiger partial charge in [0.2, 0.25) is 0 Å². The van der Waals surface area contributed by atoms with Gasteiger partial charge in [-0.25, -0.2) is 4.98 Å². The first-order valence-corrected chi connectivity index (χ1v) is 7.11. The molecule has 0 spiro atoms. The van der Waals surface area contributed by atoms with Crippen LogP contribution in [0, 0.1) is 6.92 Å². The van der Waals surface area contributed by atoms with Crippen LogP contribution in [0.15, 0.2) is 55.1 Å². The molecule has 0 amide bonds. The topological polar surface area (TPSA) is 77.4 Å². The van der Waals surface area contributed by atoms with Crippen molar-refractivity contribution < 1.29 is 5.11 Å². The number of hydrazine groups is 2. The van der Waals surface area contributed by atoms with Gasteiger partial charge in [0, 0.05) is 0 Å². The molecule has 0 radical (unpaired) electrons. The minimum Gasteiger partial charge on any atom is -0.506 e. The van der Waals surface area contributed by atoms with Crippen molar-refractivity contribution in [2.75, 3.05) is 15.6 Å². The normalized spacial score (nSPS) is 12.9. The van der Waals surface area contributed by atoms with E-state index in [1.807, 2.05) is 43.3 Å². The lowest BCUT2D eigenvalue weighted by molar-refractivity contribution is 0.475. The lowest BCUT2D eigenvalue weighted by atomic mass is 10.2. The van der Waals surface area contributed by atoms with E-state index in [-0.39, 0.29) is 5.75 Å². The van der Waals surface area contributed by atoms with Crippen molar-refractivity contribution >= 4 is 23.0 Å². The minimum absolute atomic E-state index is 0.162. The number of nitrogens with one attached hydrogen (secondary N) is 1. The standard InChI is InChI=1S/C16H14N6O/c1-11-6-7-15(23)14(8-11)22-20-12-4-2-3-5-13(12)21(22)16-18-9-17-10-19-16/h2-10,20,23H,1H3. The number of phenolic OH excluding ortho intramolecular Hbond substituents is 1. The summed E-state index contributed by atoms with van der Waals surface area (Å²) in [6.45, 7) is 1.97. The Morgan fingerprint density at radius 3 is 2.61 bits per heavy atom. The zero-order chi connectivity index (χ0) is 15.8. The van der Waals surface area contributed by atoms with E-state index in [0.717, 1.165) is 16.9 Å². The number of anilines is 4. The maximum absolute atomic E-state index is 10.3. The van der Waals surface area contributed by atoms with E-state index in [1.165, 1.54) is 12.7 Å². The second-order valence-electron chi connectivity index (χ2n) is 5.18. The molecule has 2 heterocycles. The highest BCUT2D eigenvalue weighted by atomic mass is 16.3. The van der Waals surface area contributed by atoms with Crippen molar-refractivity contribution in [1.82, 2.24) is 15.0 Å². The highest BCUT2D eigenvalue weighted by Crippen LogP contribution is 2.42. The number of fused-ring (bicyclic) bond motifs is 1. The molecule has 7 heteroatoms. The Bertz CT molecular complexity index is 854. The third-order valence-corrected chi connectivity index (χ3v) is 3.59. The zero-order valence-electron chi connectivity index (χ0n) is 12.4. The van der Waals surface area contributed by atoms with Crippen molar-refractivity contribution in [1.29, 1.82) is 0 Å². The van der Waals surface area contributed by atoms with Gasteiger partial charge in [0.25, 0.3) is 5.95 Å². The molecule has 0 aliphatic carbocycles. The van der Waals surface area contributed by atoms with E-state index in [2.05, 4.69) is 20.4 Å². The van der Waals surface area contributed by atoms with E-state index < -0.39 is 0 Å². The summed E-state index contributed by atoms with van der Waals surface area (Å²) in [6.07, 6.45) is 2.88. The Labute approximate surface area is 132 Å². The molecule has 7 nitrogen and oxygen atoms in total. The van der Waals surface area contributed by atoms with Crippen LogP contribution in [-0.2, 0) is 0 Å². The number of aromatic hydroxyl groups is 1. The lowest BCUT2D eigenvalue weighted by Crippen LogP contribution is -2.39. The van der Waals surface area contributed by atoms with Crippen LogP contribution in [0.2, 0.25) is 0 Å². The predicted molar refractivity (Wildman–Crippen MR) is 87.4 cm³/mol. The first-order valence-electron chi connectivity index (χ1n) is 7.11. The number of para-hydroxylation sites is 2. The third kappa shape index (κ3) is 2.18. The van der Waals surface area contributed by atoms with Crippen molar-refractivity contribution in [3.8, 4) is 5.75 Å². The number of rotatable bonds is 2. The molecule has 0 unspecified atom stereocenters. The van der Waals surface area contributed by atoms with Gasteiger partial charge in [-0.1, -0.05) is 18.2 Å². The molecule has 1 aliphatic rings. The third-order valence-electron chi connectivity index (χ3n) is 3.59. The highest BCUT2D eigenvalue weighted by Gasteiger charge is 2.31. The number of hydrogen-bond acceptors (Lipinski definition) is 7. The summed E-state index contributed by atoms with van der Waals surface area (Å²) in [5, 5.41) is 13.8. The SMILES string of the molecule is Cc1ccc(O)c(N2Nc3ccccc3N2c2ncncn2)c1. The maximum Gasteiger partial charge on any atom is 0.254 e. The lowest BCUT2D eigenvalue weighted by Gasteiger charge is -2.29. The van der Waals surface area contributed by atoms with Gasteiger partial charge in [-0.05, 0) is 36.8 Å². The van der Waals surface area contributed by atoms with Gasteiger partial charge in [-0.15, -0.1) is 0 Å². The molecule has 0 saturated heterocycles. The second kappa shape index (κ2) is 5.13. The molecule has 0 bridgehead atoms. The number of aromatic nitrogens is 3. The molecule has 114 valence electrons. The Hall–Kier alpha value is -3.35. The molecule has 23 heavy (non-hydrogen) atoms. The molecule has 1 aliphatic heterocycles. The number of benzene rings is 2. The second-order valence-corrected chi connectivity index (χ2v) is 5.18. The van der Waals surface area contributed by atoms with Crippen LogP contribution in [0.1, 0.15) is 5.56 Å². The summed E-state index contributed by atoms with van der Waals surface area (Å²) >= 11 is 0. The summed E-state index contributed by atoms with van der Waals surface area (Å²) < 4.78 is 0. The number of phenols is 1. The average Bonchev–Trinajstić information content (AvgIpc) is 2.97. The molecule has 2 N–H and O–H groups in total. The number of aryl methyl sites for hydroxylation is 1. The van der Waals surface area contributed by atoms with Crippen LogP contribution in [0.3, 0.4) is 0 Å². The van der Waals surface area contributed by atoms with Crippen LogP contribution < -0.4 is 15.6 Å². The fraction of sp³-hybridized carbons (Fsp3) is 0.0625. The van der Waals surface area contributed by atoms with E-state index in [1.54, 1.807) is 16.2 Å². The van der Waals surface area contributed by atoms with Gasteiger partial charge < -0.3 is 5.11 Å². The number of hydrogen-bond donors (Lipinski definition) is 2. The fourth-order valence-corrected chi connectivity index (χ4v) is 2.54. The Balaban J connectivity index is 1.88. The summed E-state index contributed by atoms with van der Waals surface area (Å²) in [5.41, 5.74) is 6.70. The van der Waals surface area contributed by atoms with Crippen molar-refractivity contribution in [2.45, 2.75) is 6.92 Å². The van der Waals surface area contributed by atoms with Crippen molar-refractivity contribution in [3.05, 3.63) is 60.7 Å². The molecular weight excluding hydrogens is 292 g/mol. The average molecular weight is 306 g/mol. The van der Waals surface area contributed by atoms with Gasteiger partial charge in [0.1, 0.15) is 24.1 Å². The van der Waals surface area contributed by atoms with E-state index in [0.29, 0.717) is 11.6 Å². The first-order chi connectivity index (χ1) is 11.2. The van der Waals surface area contributed by atoms with Gasteiger partial charge in [0.15, 0.2) is 0 Å². The van der Waals surface area contributed by atoms with E-state index in [9.17, 15) is 5.11 Å². The molecule has 0 saturated carbocycles. The molecule has 4 rings (SSSR count). The molecule has 0 fully saturated rings. The van der Waals surface area contributed by atoms with E-state index >= 15 is 0 Å². The fourth-order valence-electron chi connectivity index (χ4n) is 2.54. The van der Waals surface area contributed by atoms with Crippen LogP contribution in [0.25, 0.3) is 0 Å². The van der Waals surface area contributed by atoms with Crippen LogP contribution in [0.5, 0.6) is 5.75 Å². The Morgan fingerprint density at radius 2 is 1.78 bits per heavy atom. The minimum atomic E-state index is 0.162. The number of nitrogens with zero attached hydrogens (tertiary/aromatic N) is 5. The molecule has 0 atom stereocenters. The summed E-state index contributed by atoms with van der Waals surface area (Å²) in [6, 6.07) is 13.2. The molecule has 1 aromatic heterocycles. The van der Waals surface area contributed by atoms with Crippen molar-refractivity contribution in [2.24, 2.45) is 0 Å².